The van der Waals surface area contributed by atoms with Gasteiger partial charge in [-0.05, 0) is 44.4 Å². The Hall–Kier alpha value is -1.41. The number of carbonyl (C=O) groups is 1. The Morgan fingerprint density at radius 2 is 2.11 bits per heavy atom. The minimum absolute atomic E-state index is 0.0166. The van der Waals surface area contributed by atoms with Crippen molar-refractivity contribution in [2.45, 2.75) is 65.2 Å². The lowest BCUT2D eigenvalue weighted by Gasteiger charge is -2.36. The minimum Gasteiger partial charge on any atom is -0.461 e. The van der Waals surface area contributed by atoms with E-state index in [2.05, 4.69) is 36.0 Å². The molecule has 2 heterocycles. The molecule has 3 atom stereocenters. The van der Waals surface area contributed by atoms with Gasteiger partial charge in [0.25, 0.3) is 11.1 Å². The molecule has 148 valence electrons. The first-order valence-electron chi connectivity index (χ1n) is 9.43. The number of thiazole rings is 1. The van der Waals surface area contributed by atoms with Gasteiger partial charge in [-0.15, -0.1) is 21.5 Å². The van der Waals surface area contributed by atoms with E-state index in [1.807, 2.05) is 13.8 Å². The second-order valence-corrected chi connectivity index (χ2v) is 9.79. The van der Waals surface area contributed by atoms with Crippen LogP contribution in [0.5, 0.6) is 0 Å². The molecule has 2 aromatic rings. The zero-order chi connectivity index (χ0) is 19.6. The zero-order valence-electron chi connectivity index (χ0n) is 16.5. The summed E-state index contributed by atoms with van der Waals surface area (Å²) in [6.07, 6.45) is 3.31. The highest BCUT2D eigenvalue weighted by Gasteiger charge is 2.33. The van der Waals surface area contributed by atoms with E-state index < -0.39 is 0 Å². The zero-order valence-corrected chi connectivity index (χ0v) is 18.2. The number of aromatic nitrogens is 3. The molecular weight excluding hydrogens is 382 g/mol. The van der Waals surface area contributed by atoms with Crippen molar-refractivity contribution >= 4 is 29.1 Å². The predicted molar refractivity (Wildman–Crippen MR) is 107 cm³/mol. The molecule has 0 bridgehead atoms. The first-order valence-corrected chi connectivity index (χ1v) is 11.2. The Labute approximate surface area is 168 Å². The van der Waals surface area contributed by atoms with Crippen LogP contribution in [-0.4, -0.2) is 33.0 Å². The molecule has 1 aliphatic rings. The van der Waals surface area contributed by atoms with Gasteiger partial charge in [-0.3, -0.25) is 4.79 Å². The number of esters is 1. The van der Waals surface area contributed by atoms with Gasteiger partial charge < -0.3 is 9.15 Å². The molecule has 6 nitrogen and oxygen atoms in total. The van der Waals surface area contributed by atoms with Crippen LogP contribution < -0.4 is 0 Å². The first kappa shape index (κ1) is 20.3. The fourth-order valence-electron chi connectivity index (χ4n) is 3.66. The number of ether oxygens (including phenoxy) is 1. The number of hydrogen-bond donors (Lipinski definition) is 0. The molecule has 0 radical (unpaired) electrons. The molecule has 1 fully saturated rings. The van der Waals surface area contributed by atoms with Crippen LogP contribution in [-0.2, 0) is 9.53 Å². The van der Waals surface area contributed by atoms with Gasteiger partial charge in [0.1, 0.15) is 16.7 Å². The highest BCUT2D eigenvalue weighted by Crippen LogP contribution is 2.36. The van der Waals surface area contributed by atoms with Crippen molar-refractivity contribution in [3.63, 3.8) is 0 Å². The molecule has 0 N–H and O–H groups in total. The van der Waals surface area contributed by atoms with Gasteiger partial charge in [0.05, 0.1) is 10.7 Å². The van der Waals surface area contributed by atoms with E-state index in [4.69, 9.17) is 9.15 Å². The summed E-state index contributed by atoms with van der Waals surface area (Å²) in [6, 6.07) is 0. The second-order valence-electron chi connectivity index (χ2n) is 7.66. The van der Waals surface area contributed by atoms with Crippen LogP contribution >= 0.6 is 23.1 Å². The van der Waals surface area contributed by atoms with Gasteiger partial charge in [-0.25, -0.2) is 4.98 Å². The molecule has 1 saturated carbocycles. The fraction of sp³-hybridized carbons (Fsp3) is 0.684. The molecule has 2 aromatic heterocycles. The molecule has 27 heavy (non-hydrogen) atoms. The first-order chi connectivity index (χ1) is 12.8. The van der Waals surface area contributed by atoms with Crippen molar-refractivity contribution < 1.29 is 13.9 Å². The maximum absolute atomic E-state index is 12.4. The van der Waals surface area contributed by atoms with E-state index in [1.165, 1.54) is 29.5 Å². The second kappa shape index (κ2) is 8.73. The van der Waals surface area contributed by atoms with Gasteiger partial charge in [0.15, 0.2) is 0 Å². The van der Waals surface area contributed by atoms with Crippen molar-refractivity contribution in [2.75, 3.05) is 5.75 Å². The molecule has 3 unspecified atom stereocenters. The summed E-state index contributed by atoms with van der Waals surface area (Å²) < 4.78 is 11.5. The largest absolute Gasteiger partial charge is 0.461 e. The molecule has 0 aliphatic heterocycles. The van der Waals surface area contributed by atoms with Crippen LogP contribution in [0.1, 0.15) is 50.7 Å². The van der Waals surface area contributed by atoms with Crippen LogP contribution in [0, 0.1) is 31.6 Å². The summed E-state index contributed by atoms with van der Waals surface area (Å²) in [6.45, 7) is 10.5. The molecule has 0 spiro atoms. The monoisotopic (exact) mass is 409 g/mol. The Kier molecular flexibility index (Phi) is 6.57. The Morgan fingerprint density at radius 3 is 2.78 bits per heavy atom. The van der Waals surface area contributed by atoms with Gasteiger partial charge in [-0.1, -0.05) is 39.0 Å². The SMILES string of the molecule is Cc1nc(C)c(-c2nnc(SCC(=O)OC3CC(C)CCC3C(C)C)o2)s1. The molecule has 3 rings (SSSR count). The minimum atomic E-state index is -0.214. The molecular formula is C19H27N3O3S2. The topological polar surface area (TPSA) is 78.1 Å². The van der Waals surface area contributed by atoms with Crippen molar-refractivity contribution in [2.24, 2.45) is 17.8 Å². The van der Waals surface area contributed by atoms with Gasteiger partial charge in [0.2, 0.25) is 0 Å². The third kappa shape index (κ3) is 5.10. The van der Waals surface area contributed by atoms with Crippen molar-refractivity contribution in [3.8, 4) is 10.8 Å². The van der Waals surface area contributed by atoms with Gasteiger partial charge >= 0.3 is 5.97 Å². The lowest BCUT2D eigenvalue weighted by molar-refractivity contribution is -0.152. The summed E-state index contributed by atoms with van der Waals surface area (Å²) in [5, 5.41) is 9.45. The van der Waals surface area contributed by atoms with Crippen LogP contribution in [0.4, 0.5) is 0 Å². The van der Waals surface area contributed by atoms with Crippen LogP contribution in [0.25, 0.3) is 10.8 Å². The maximum Gasteiger partial charge on any atom is 0.316 e. The molecule has 1 aliphatic carbocycles. The Balaban J connectivity index is 1.55. The van der Waals surface area contributed by atoms with E-state index in [1.54, 1.807) is 0 Å². The highest BCUT2D eigenvalue weighted by molar-refractivity contribution is 7.99. The average Bonchev–Trinajstić information content (AvgIpc) is 3.18. The van der Waals surface area contributed by atoms with Crippen molar-refractivity contribution in [1.82, 2.24) is 15.2 Å². The summed E-state index contributed by atoms with van der Waals surface area (Å²) in [5.74, 6) is 1.99. The summed E-state index contributed by atoms with van der Waals surface area (Å²) in [4.78, 5) is 17.6. The van der Waals surface area contributed by atoms with Crippen molar-refractivity contribution in [3.05, 3.63) is 10.7 Å². The Bertz CT molecular complexity index is 787. The number of thioether (sulfide) groups is 1. The standard InChI is InChI=1S/C19H27N3O3S2/c1-10(2)14-7-6-11(3)8-15(14)24-16(23)9-26-19-22-21-18(25-19)17-12(4)20-13(5)27-17/h10-11,14-15H,6-9H2,1-5H3. The molecule has 0 amide bonds. The third-order valence-corrected chi connectivity index (χ3v) is 6.91. The molecule has 0 saturated heterocycles. The van der Waals surface area contributed by atoms with Gasteiger partial charge in [-0.2, -0.15) is 0 Å². The van der Waals surface area contributed by atoms with Crippen LogP contribution in [0.3, 0.4) is 0 Å². The van der Waals surface area contributed by atoms with E-state index in [9.17, 15) is 4.79 Å². The van der Waals surface area contributed by atoms with Crippen LogP contribution in [0.15, 0.2) is 9.64 Å². The number of rotatable bonds is 6. The quantitative estimate of drug-likeness (QED) is 0.495. The van der Waals surface area contributed by atoms with E-state index in [0.717, 1.165) is 28.4 Å². The predicted octanol–water partition coefficient (Wildman–Crippen LogP) is 4.91. The number of aryl methyl sites for hydroxylation is 2. The van der Waals surface area contributed by atoms with E-state index in [0.29, 0.717) is 28.9 Å². The highest BCUT2D eigenvalue weighted by atomic mass is 32.2. The lowest BCUT2D eigenvalue weighted by Crippen LogP contribution is -2.36. The average molecular weight is 410 g/mol. The number of hydrogen-bond acceptors (Lipinski definition) is 8. The Morgan fingerprint density at radius 1 is 1.33 bits per heavy atom. The normalized spacial score (nSPS) is 23.0. The number of nitrogens with zero attached hydrogens (tertiary/aromatic N) is 3. The smallest absolute Gasteiger partial charge is 0.316 e. The summed E-state index contributed by atoms with van der Waals surface area (Å²) in [5.41, 5.74) is 0.878. The summed E-state index contributed by atoms with van der Waals surface area (Å²) in [7, 11) is 0. The third-order valence-electron chi connectivity index (χ3n) is 5.06. The van der Waals surface area contributed by atoms with Crippen LogP contribution in [0.2, 0.25) is 0 Å². The van der Waals surface area contributed by atoms with E-state index in [-0.39, 0.29) is 17.8 Å². The van der Waals surface area contributed by atoms with Crippen molar-refractivity contribution in [1.29, 1.82) is 0 Å². The molecule has 8 heteroatoms. The maximum atomic E-state index is 12.4. The fourth-order valence-corrected chi connectivity index (χ4v) is 5.05. The summed E-state index contributed by atoms with van der Waals surface area (Å²) >= 11 is 2.75. The van der Waals surface area contributed by atoms with Gasteiger partial charge in [0, 0.05) is 0 Å². The lowest BCUT2D eigenvalue weighted by atomic mass is 9.75. The molecule has 0 aromatic carbocycles. The number of carbonyl (C=O) groups excluding carboxylic acids is 1. The van der Waals surface area contributed by atoms with E-state index >= 15 is 0 Å².